The van der Waals surface area contributed by atoms with E-state index in [1.165, 1.54) is 11.3 Å². The first kappa shape index (κ1) is 20.5. The Morgan fingerprint density at radius 2 is 2.17 bits per heavy atom. The molecule has 0 saturated carbocycles. The molecule has 1 amide bonds. The van der Waals surface area contributed by atoms with Gasteiger partial charge in [-0.05, 0) is 55.7 Å². The van der Waals surface area contributed by atoms with Gasteiger partial charge >= 0.3 is 0 Å². The van der Waals surface area contributed by atoms with Crippen LogP contribution in [0.15, 0.2) is 54.2 Å². The third-order valence-electron chi connectivity index (χ3n) is 4.97. The highest BCUT2D eigenvalue weighted by molar-refractivity contribution is 7.13. The van der Waals surface area contributed by atoms with Crippen LogP contribution in [0.3, 0.4) is 0 Å². The van der Waals surface area contributed by atoms with Crippen LogP contribution in [0.1, 0.15) is 35.8 Å². The maximum absolute atomic E-state index is 13.3. The summed E-state index contributed by atoms with van der Waals surface area (Å²) in [5, 5.41) is 2.65. The van der Waals surface area contributed by atoms with Gasteiger partial charge in [0.25, 0.3) is 5.91 Å². The Kier molecular flexibility index (Phi) is 6.71. The van der Waals surface area contributed by atoms with Gasteiger partial charge in [-0.15, -0.1) is 11.3 Å². The molecule has 1 atom stereocenters. The zero-order valence-electron chi connectivity index (χ0n) is 17.0. The van der Waals surface area contributed by atoms with Crippen molar-refractivity contribution in [3.63, 3.8) is 0 Å². The molecule has 0 aliphatic carbocycles. The van der Waals surface area contributed by atoms with Crippen LogP contribution in [0, 0.1) is 0 Å². The molecule has 7 heteroatoms. The predicted octanol–water partition coefficient (Wildman–Crippen LogP) is 4.43. The minimum Gasteiger partial charge on any atom is -0.494 e. The van der Waals surface area contributed by atoms with E-state index in [2.05, 4.69) is 9.97 Å². The number of carbonyl (C=O) groups is 1. The van der Waals surface area contributed by atoms with Gasteiger partial charge in [-0.2, -0.15) is 0 Å². The second kappa shape index (κ2) is 9.82. The highest BCUT2D eigenvalue weighted by Crippen LogP contribution is 2.27. The van der Waals surface area contributed by atoms with Crippen molar-refractivity contribution in [3.8, 4) is 16.3 Å². The molecule has 1 aromatic carbocycles. The van der Waals surface area contributed by atoms with E-state index in [-0.39, 0.29) is 12.0 Å². The summed E-state index contributed by atoms with van der Waals surface area (Å²) in [5.74, 6) is 0.746. The number of nitrogens with zero attached hydrogens (tertiary/aromatic N) is 3. The van der Waals surface area contributed by atoms with E-state index in [1.54, 1.807) is 12.4 Å². The normalized spacial score (nSPS) is 15.8. The van der Waals surface area contributed by atoms with E-state index in [4.69, 9.17) is 9.47 Å². The predicted molar refractivity (Wildman–Crippen MR) is 117 cm³/mol. The maximum Gasteiger partial charge on any atom is 0.273 e. The fourth-order valence-corrected chi connectivity index (χ4v) is 4.29. The second-order valence-electron chi connectivity index (χ2n) is 7.18. The Hall–Kier alpha value is -2.77. The molecular formula is C23H25N3O3S. The third-order valence-corrected chi connectivity index (χ3v) is 5.86. The largest absolute Gasteiger partial charge is 0.494 e. The summed E-state index contributed by atoms with van der Waals surface area (Å²) < 4.78 is 11.3. The lowest BCUT2D eigenvalue weighted by atomic mass is 10.2. The van der Waals surface area contributed by atoms with Crippen molar-refractivity contribution in [2.75, 3.05) is 19.8 Å². The van der Waals surface area contributed by atoms with E-state index in [0.717, 1.165) is 41.3 Å². The number of carbonyl (C=O) groups excluding carboxylic acids is 1. The number of thiazole rings is 1. The van der Waals surface area contributed by atoms with Crippen molar-refractivity contribution < 1.29 is 14.3 Å². The molecule has 0 spiro atoms. The molecule has 1 aliphatic heterocycles. The van der Waals surface area contributed by atoms with Crippen LogP contribution >= 0.6 is 11.3 Å². The SMILES string of the molecule is CCOc1ccc(-c2nc(C(=O)N(Cc3cccnc3)CC3CCCO3)cs2)cc1. The van der Waals surface area contributed by atoms with Gasteiger partial charge in [0, 0.05) is 43.0 Å². The van der Waals surface area contributed by atoms with E-state index < -0.39 is 0 Å². The summed E-state index contributed by atoms with van der Waals surface area (Å²) in [5.41, 5.74) is 2.43. The molecule has 0 bridgehead atoms. The quantitative estimate of drug-likeness (QED) is 0.536. The Balaban J connectivity index is 1.51. The maximum atomic E-state index is 13.3. The highest BCUT2D eigenvalue weighted by atomic mass is 32.1. The number of ether oxygens (including phenoxy) is 2. The summed E-state index contributed by atoms with van der Waals surface area (Å²) in [7, 11) is 0. The van der Waals surface area contributed by atoms with Crippen LogP contribution in [-0.4, -0.2) is 46.6 Å². The highest BCUT2D eigenvalue weighted by Gasteiger charge is 2.25. The molecule has 1 unspecified atom stereocenters. The summed E-state index contributed by atoms with van der Waals surface area (Å²) in [6.45, 7) is 4.40. The fraction of sp³-hybridized carbons (Fsp3) is 0.348. The first-order chi connectivity index (χ1) is 14.7. The molecule has 3 aromatic rings. The monoisotopic (exact) mass is 423 g/mol. The lowest BCUT2D eigenvalue weighted by molar-refractivity contribution is 0.0503. The van der Waals surface area contributed by atoms with Crippen molar-refractivity contribution in [2.24, 2.45) is 0 Å². The Morgan fingerprint density at radius 1 is 1.30 bits per heavy atom. The molecule has 2 aromatic heterocycles. The van der Waals surface area contributed by atoms with Crippen LogP contribution in [0.5, 0.6) is 5.75 Å². The molecule has 6 nitrogen and oxygen atoms in total. The van der Waals surface area contributed by atoms with Crippen molar-refractivity contribution in [3.05, 3.63) is 65.4 Å². The van der Waals surface area contributed by atoms with Crippen molar-refractivity contribution >= 4 is 17.2 Å². The molecular weight excluding hydrogens is 398 g/mol. The van der Waals surface area contributed by atoms with E-state index in [9.17, 15) is 4.79 Å². The number of hydrogen-bond acceptors (Lipinski definition) is 6. The van der Waals surface area contributed by atoms with Gasteiger partial charge in [0.05, 0.1) is 12.7 Å². The minimum absolute atomic E-state index is 0.0786. The fourth-order valence-electron chi connectivity index (χ4n) is 3.49. The van der Waals surface area contributed by atoms with Gasteiger partial charge in [0.2, 0.25) is 0 Å². The Bertz CT molecular complexity index is 953. The van der Waals surface area contributed by atoms with Gasteiger partial charge in [0.1, 0.15) is 16.5 Å². The summed E-state index contributed by atoms with van der Waals surface area (Å²) in [4.78, 5) is 23.9. The van der Waals surface area contributed by atoms with Crippen LogP contribution in [0.25, 0.3) is 10.6 Å². The molecule has 0 radical (unpaired) electrons. The first-order valence-electron chi connectivity index (χ1n) is 10.2. The molecule has 1 saturated heterocycles. The zero-order chi connectivity index (χ0) is 20.8. The minimum atomic E-state index is -0.0808. The number of amides is 1. The smallest absolute Gasteiger partial charge is 0.273 e. The van der Waals surface area contributed by atoms with Crippen LogP contribution in [0.2, 0.25) is 0 Å². The average molecular weight is 424 g/mol. The Morgan fingerprint density at radius 3 is 2.87 bits per heavy atom. The molecule has 1 aliphatic rings. The lowest BCUT2D eigenvalue weighted by Gasteiger charge is -2.24. The number of rotatable bonds is 8. The average Bonchev–Trinajstić information content (AvgIpc) is 3.47. The lowest BCUT2D eigenvalue weighted by Crippen LogP contribution is -2.37. The van der Waals surface area contributed by atoms with Gasteiger partial charge in [-0.25, -0.2) is 4.98 Å². The molecule has 4 rings (SSSR count). The molecule has 3 heterocycles. The van der Waals surface area contributed by atoms with Crippen molar-refractivity contribution in [1.29, 1.82) is 0 Å². The van der Waals surface area contributed by atoms with Crippen LogP contribution in [0.4, 0.5) is 0 Å². The number of benzene rings is 1. The summed E-state index contributed by atoms with van der Waals surface area (Å²) in [6.07, 6.45) is 5.63. The van der Waals surface area contributed by atoms with E-state index in [1.807, 2.05) is 53.6 Å². The molecule has 1 fully saturated rings. The van der Waals surface area contributed by atoms with Gasteiger partial charge < -0.3 is 14.4 Å². The topological polar surface area (TPSA) is 64.5 Å². The Labute approximate surface area is 180 Å². The standard InChI is InChI=1S/C23H25N3O3S/c1-2-28-19-9-7-18(8-10-19)22-25-21(16-30-22)23(27)26(15-20-6-4-12-29-20)14-17-5-3-11-24-13-17/h3,5,7-11,13,16,20H,2,4,6,12,14-15H2,1H3. The van der Waals surface area contributed by atoms with Crippen molar-refractivity contribution in [2.45, 2.75) is 32.4 Å². The van der Waals surface area contributed by atoms with Crippen molar-refractivity contribution in [1.82, 2.24) is 14.9 Å². The van der Waals surface area contributed by atoms with Gasteiger partial charge in [0.15, 0.2) is 0 Å². The number of hydrogen-bond donors (Lipinski definition) is 0. The number of pyridine rings is 1. The van der Waals surface area contributed by atoms with E-state index in [0.29, 0.717) is 25.4 Å². The first-order valence-corrected chi connectivity index (χ1v) is 11.1. The summed E-state index contributed by atoms with van der Waals surface area (Å²) in [6, 6.07) is 11.7. The zero-order valence-corrected chi connectivity index (χ0v) is 17.8. The molecule has 30 heavy (non-hydrogen) atoms. The van der Waals surface area contributed by atoms with Crippen LogP contribution < -0.4 is 4.74 Å². The molecule has 156 valence electrons. The summed E-state index contributed by atoms with van der Waals surface area (Å²) >= 11 is 1.47. The third kappa shape index (κ3) is 5.04. The van der Waals surface area contributed by atoms with E-state index >= 15 is 0 Å². The second-order valence-corrected chi connectivity index (χ2v) is 8.04. The van der Waals surface area contributed by atoms with Gasteiger partial charge in [-0.1, -0.05) is 6.07 Å². The van der Waals surface area contributed by atoms with Gasteiger partial charge in [-0.3, -0.25) is 9.78 Å². The molecule has 0 N–H and O–H groups in total. The van der Waals surface area contributed by atoms with Crippen LogP contribution in [-0.2, 0) is 11.3 Å². The number of aromatic nitrogens is 2.